The van der Waals surface area contributed by atoms with Gasteiger partial charge in [-0.15, -0.1) is 0 Å². The number of halogens is 4. The van der Waals surface area contributed by atoms with E-state index < -0.39 is 26.7 Å². The Morgan fingerprint density at radius 1 is 1.15 bits per heavy atom. The van der Waals surface area contributed by atoms with Gasteiger partial charge in [-0.2, -0.15) is 0 Å². The van der Waals surface area contributed by atoms with Crippen molar-refractivity contribution in [3.8, 4) is 11.8 Å². The number of ether oxygens (including phenoxy) is 1. The number of nitrogens with one attached hydrogen (secondary N) is 1. The van der Waals surface area contributed by atoms with E-state index in [0.29, 0.717) is 15.2 Å². The molecule has 0 radical (unpaired) electrons. The van der Waals surface area contributed by atoms with E-state index in [9.17, 15) is 18.4 Å². The number of allylic oxidation sites excluding steroid dienone is 2. The van der Waals surface area contributed by atoms with Gasteiger partial charge < -0.3 is 0 Å². The van der Waals surface area contributed by atoms with Gasteiger partial charge in [0.25, 0.3) is 0 Å². The molecule has 0 amide bonds. The van der Waals surface area contributed by atoms with Crippen molar-refractivity contribution in [1.29, 1.82) is 5.26 Å². The summed E-state index contributed by atoms with van der Waals surface area (Å²) < 4.78 is 47.9. The quantitative estimate of drug-likeness (QED) is 0.275. The van der Waals surface area contributed by atoms with Crippen LogP contribution in [0.3, 0.4) is 0 Å². The molecule has 2 aliphatic heterocycles. The van der Waals surface area contributed by atoms with Gasteiger partial charge in [0.15, 0.2) is 0 Å². The third kappa shape index (κ3) is 3.95. The fourth-order valence-corrected chi connectivity index (χ4v) is 8.29. The molecule has 138 valence electrons. The number of hydrogen-bond donors (Lipinski definition) is 1. The van der Waals surface area contributed by atoms with Gasteiger partial charge in [-0.25, -0.2) is 0 Å². The van der Waals surface area contributed by atoms with Crippen molar-refractivity contribution in [2.75, 3.05) is 4.43 Å². The third-order valence-corrected chi connectivity index (χ3v) is 9.04. The predicted octanol–water partition coefficient (Wildman–Crippen LogP) is 5.24. The molecule has 1 unspecified atom stereocenters. The van der Waals surface area contributed by atoms with Crippen LogP contribution in [0.2, 0.25) is 0 Å². The van der Waals surface area contributed by atoms with Gasteiger partial charge >= 0.3 is 162 Å². The number of rotatable bonds is 5. The van der Waals surface area contributed by atoms with E-state index in [1.807, 2.05) is 6.07 Å². The van der Waals surface area contributed by atoms with Crippen LogP contribution in [0, 0.1) is 17.1 Å². The molecule has 1 fully saturated rings. The summed E-state index contributed by atoms with van der Waals surface area (Å²) in [6.07, 6.45) is 3.53. The maximum atomic E-state index is 13.0. The average Bonchev–Trinajstić information content (AvgIpc) is 3.30. The zero-order valence-corrected chi connectivity index (χ0v) is 16.1. The van der Waals surface area contributed by atoms with Crippen LogP contribution in [-0.4, -0.2) is 15.0 Å². The molecule has 0 spiro atoms. The zero-order chi connectivity index (χ0) is 19.0. The van der Waals surface area contributed by atoms with Crippen LogP contribution in [0.5, 0.6) is 5.75 Å². The van der Waals surface area contributed by atoms with Gasteiger partial charge in [-0.1, -0.05) is 0 Å². The first-order chi connectivity index (χ1) is 13.0. The summed E-state index contributed by atoms with van der Waals surface area (Å²) in [5.41, 5.74) is 3.66. The summed E-state index contributed by atoms with van der Waals surface area (Å²) in [6, 6.07) is 13.1. The predicted molar refractivity (Wildman–Crippen MR) is 107 cm³/mol. The maximum absolute atomic E-state index is 13.0. The van der Waals surface area contributed by atoms with Crippen LogP contribution in [0.4, 0.5) is 13.2 Å². The molecule has 2 heterocycles. The number of nitrogens with zero attached hydrogens (tertiary/aromatic N) is 1. The van der Waals surface area contributed by atoms with E-state index >= 15 is 0 Å². The first-order valence-corrected chi connectivity index (χ1v) is 12.0. The molecule has 2 aromatic rings. The second-order valence-electron chi connectivity index (χ2n) is 6.07. The molecule has 1 atom stereocenters. The second kappa shape index (κ2) is 7.27. The third-order valence-electron chi connectivity index (χ3n) is 4.23. The van der Waals surface area contributed by atoms with Gasteiger partial charge in [-0.3, -0.25) is 0 Å². The minimum atomic E-state index is -2.93. The summed E-state index contributed by atoms with van der Waals surface area (Å²) >= 11 is -1.28. The Bertz CT molecular complexity index is 980. The Labute approximate surface area is 161 Å². The summed E-state index contributed by atoms with van der Waals surface area (Å²) in [7, 11) is 0. The zero-order valence-electron chi connectivity index (χ0n) is 13.9. The number of benzene rings is 2. The Balaban J connectivity index is 1.71. The molecule has 2 aromatic carbocycles. The Kier molecular flexibility index (Phi) is 4.83. The molecule has 7 heteroatoms. The number of nitriles is 1. The van der Waals surface area contributed by atoms with Crippen LogP contribution in [0.15, 0.2) is 48.2 Å². The van der Waals surface area contributed by atoms with E-state index in [4.69, 9.17) is 0 Å². The van der Waals surface area contributed by atoms with Crippen molar-refractivity contribution in [2.24, 2.45) is 0 Å². The molecule has 27 heavy (non-hydrogen) atoms. The van der Waals surface area contributed by atoms with Gasteiger partial charge in [-0.05, 0) is 0 Å². The second-order valence-corrected chi connectivity index (χ2v) is 11.3. The first-order valence-electron chi connectivity index (χ1n) is 8.12. The van der Waals surface area contributed by atoms with Crippen molar-refractivity contribution >= 4 is 37.8 Å². The molecule has 0 aliphatic carbocycles. The van der Waals surface area contributed by atoms with Gasteiger partial charge in [0, 0.05) is 0 Å². The van der Waals surface area contributed by atoms with Crippen molar-refractivity contribution < 1.29 is 17.9 Å². The standard InChI is InChI=1S/C20H14F3IN2O/c21-15-5-3-12(4-6-15)1-2-13-7-14(9-16(8-13)27-20(22)23)19-17-10-24(17)26-18(19)11-25/h1-9,17,20,26H,10H2/b2-1+. The molecule has 2 aliphatic rings. The molecule has 0 saturated carbocycles. The topological polar surface area (TPSA) is 45.0 Å². The molecule has 1 saturated heterocycles. The van der Waals surface area contributed by atoms with E-state index in [0.717, 1.165) is 21.1 Å². The van der Waals surface area contributed by atoms with Crippen LogP contribution in [-0.2, 0) is 0 Å². The normalized spacial score (nSPS) is 19.2. The van der Waals surface area contributed by atoms with Crippen LogP contribution in [0.1, 0.15) is 16.7 Å². The fourth-order valence-electron chi connectivity index (χ4n) is 2.97. The Morgan fingerprint density at radius 2 is 1.89 bits per heavy atom. The number of fused-ring (bicyclic) bond motifs is 1. The monoisotopic (exact) mass is 482 g/mol. The molecule has 4 rings (SSSR count). The van der Waals surface area contributed by atoms with E-state index in [2.05, 4.69) is 14.3 Å². The average molecular weight is 482 g/mol. The van der Waals surface area contributed by atoms with E-state index in [1.54, 1.807) is 30.4 Å². The van der Waals surface area contributed by atoms with Gasteiger partial charge in [0.05, 0.1) is 0 Å². The van der Waals surface area contributed by atoms with Crippen LogP contribution >= 0.6 is 20.1 Å². The van der Waals surface area contributed by atoms with Crippen molar-refractivity contribution in [2.45, 2.75) is 10.5 Å². The molecule has 3 nitrogen and oxygen atoms in total. The molecular weight excluding hydrogens is 468 g/mol. The Morgan fingerprint density at radius 3 is 2.59 bits per heavy atom. The van der Waals surface area contributed by atoms with Crippen molar-refractivity contribution in [1.82, 2.24) is 3.53 Å². The Hall–Kier alpha value is -2.47. The number of alkyl halides is 4. The van der Waals surface area contributed by atoms with Crippen molar-refractivity contribution in [3.63, 3.8) is 0 Å². The fraction of sp³-hybridized carbons (Fsp3) is 0.150. The molecule has 0 bridgehead atoms. The molecule has 1 N–H and O–H groups in total. The number of hydrogen-bond acceptors (Lipinski definition) is 3. The van der Waals surface area contributed by atoms with E-state index in [1.165, 1.54) is 18.2 Å². The van der Waals surface area contributed by atoms with E-state index in [-0.39, 0.29) is 11.6 Å². The summed E-state index contributed by atoms with van der Waals surface area (Å²) in [5.74, 6) is -0.269. The first kappa shape index (κ1) is 17.9. The summed E-state index contributed by atoms with van der Waals surface area (Å²) in [4.78, 5) is 0. The van der Waals surface area contributed by atoms with Crippen molar-refractivity contribution in [3.05, 3.63) is 70.7 Å². The summed E-state index contributed by atoms with van der Waals surface area (Å²) in [5, 5.41) is 9.35. The SMILES string of the molecule is N#CC1=C(c2cc(/C=C/c3ccc(F)cc3)cc(OC(F)F)c2)C2CI2N1. The molecule has 0 aromatic heterocycles. The summed E-state index contributed by atoms with van der Waals surface area (Å²) in [6.45, 7) is -2.93. The van der Waals surface area contributed by atoms with Gasteiger partial charge in [0.1, 0.15) is 0 Å². The minimum absolute atomic E-state index is 0.0546. The van der Waals surface area contributed by atoms with Crippen LogP contribution < -0.4 is 8.27 Å². The van der Waals surface area contributed by atoms with Crippen LogP contribution in [0.25, 0.3) is 17.7 Å². The van der Waals surface area contributed by atoms with Gasteiger partial charge in [0.2, 0.25) is 0 Å². The molecular formula is C20H14F3IN2O.